The lowest BCUT2D eigenvalue weighted by atomic mass is 10.2. The fourth-order valence-electron chi connectivity index (χ4n) is 1.76. The standard InChI is InChI=1S/C14H10ClFN2S/c15-10-3-1-9(2-4-10)8-17-14-18-12-7-11(16)5-6-13(12)19-14/h1-7H,8H2,(H,17,18). The van der Waals surface area contributed by atoms with Crippen LogP contribution in [0.1, 0.15) is 5.56 Å². The van der Waals surface area contributed by atoms with E-state index in [0.29, 0.717) is 12.1 Å². The van der Waals surface area contributed by atoms with Gasteiger partial charge in [-0.2, -0.15) is 0 Å². The number of aromatic nitrogens is 1. The van der Waals surface area contributed by atoms with Gasteiger partial charge in [0.05, 0.1) is 10.2 Å². The van der Waals surface area contributed by atoms with Crippen molar-refractivity contribution in [3.05, 3.63) is 58.9 Å². The third-order valence-corrected chi connectivity index (χ3v) is 3.95. The van der Waals surface area contributed by atoms with Crippen LogP contribution in [0.25, 0.3) is 10.2 Å². The first-order valence-corrected chi connectivity index (χ1v) is 6.94. The first kappa shape index (κ1) is 12.4. The Kier molecular flexibility index (Phi) is 3.36. The zero-order valence-electron chi connectivity index (χ0n) is 9.86. The van der Waals surface area contributed by atoms with Crippen LogP contribution >= 0.6 is 22.9 Å². The van der Waals surface area contributed by atoms with Crippen LogP contribution in [0.5, 0.6) is 0 Å². The van der Waals surface area contributed by atoms with E-state index in [9.17, 15) is 4.39 Å². The van der Waals surface area contributed by atoms with Crippen molar-refractivity contribution in [2.75, 3.05) is 5.32 Å². The molecule has 1 heterocycles. The normalized spacial score (nSPS) is 10.8. The van der Waals surface area contributed by atoms with Crippen molar-refractivity contribution in [3.8, 4) is 0 Å². The molecule has 2 aromatic carbocycles. The number of anilines is 1. The molecule has 3 aromatic rings. The molecule has 0 aliphatic heterocycles. The molecule has 0 fully saturated rings. The Balaban J connectivity index is 1.76. The first-order chi connectivity index (χ1) is 9.20. The molecule has 19 heavy (non-hydrogen) atoms. The minimum atomic E-state index is -0.262. The number of hydrogen-bond donors (Lipinski definition) is 1. The summed E-state index contributed by atoms with van der Waals surface area (Å²) >= 11 is 7.34. The molecule has 2 nitrogen and oxygen atoms in total. The zero-order valence-corrected chi connectivity index (χ0v) is 11.4. The quantitative estimate of drug-likeness (QED) is 0.757. The van der Waals surface area contributed by atoms with Crippen LogP contribution in [0.4, 0.5) is 9.52 Å². The van der Waals surface area contributed by atoms with Crippen LogP contribution in [0.2, 0.25) is 5.02 Å². The van der Waals surface area contributed by atoms with Crippen molar-refractivity contribution in [2.45, 2.75) is 6.54 Å². The van der Waals surface area contributed by atoms with Crippen molar-refractivity contribution >= 4 is 38.3 Å². The molecule has 1 N–H and O–H groups in total. The van der Waals surface area contributed by atoms with Crippen LogP contribution in [-0.2, 0) is 6.54 Å². The fourth-order valence-corrected chi connectivity index (χ4v) is 2.72. The second-order valence-corrected chi connectivity index (χ2v) is 5.58. The number of rotatable bonds is 3. The average molecular weight is 293 g/mol. The van der Waals surface area contributed by atoms with Crippen molar-refractivity contribution in [2.24, 2.45) is 0 Å². The lowest BCUT2D eigenvalue weighted by Gasteiger charge is -2.02. The van der Waals surface area contributed by atoms with E-state index >= 15 is 0 Å². The van der Waals surface area contributed by atoms with Gasteiger partial charge in [-0.05, 0) is 29.8 Å². The summed E-state index contributed by atoms with van der Waals surface area (Å²) in [5.41, 5.74) is 1.80. The van der Waals surface area contributed by atoms with Gasteiger partial charge < -0.3 is 5.32 Å². The lowest BCUT2D eigenvalue weighted by Crippen LogP contribution is -1.98. The minimum absolute atomic E-state index is 0.262. The van der Waals surface area contributed by atoms with E-state index in [1.807, 2.05) is 24.3 Å². The minimum Gasteiger partial charge on any atom is -0.357 e. The lowest BCUT2D eigenvalue weighted by molar-refractivity contribution is 0.629. The van der Waals surface area contributed by atoms with Crippen molar-refractivity contribution in [1.29, 1.82) is 0 Å². The van der Waals surface area contributed by atoms with Crippen LogP contribution in [0.15, 0.2) is 42.5 Å². The molecule has 0 unspecified atom stereocenters. The maximum Gasteiger partial charge on any atom is 0.184 e. The molecule has 0 saturated heterocycles. The summed E-state index contributed by atoms with van der Waals surface area (Å²) in [5.74, 6) is -0.262. The van der Waals surface area contributed by atoms with Crippen LogP contribution in [-0.4, -0.2) is 4.98 Å². The molecular weight excluding hydrogens is 283 g/mol. The highest BCUT2D eigenvalue weighted by molar-refractivity contribution is 7.22. The summed E-state index contributed by atoms with van der Waals surface area (Å²) in [5, 5.41) is 4.74. The monoisotopic (exact) mass is 292 g/mol. The Morgan fingerprint density at radius 2 is 1.95 bits per heavy atom. The Hall–Kier alpha value is -1.65. The van der Waals surface area contributed by atoms with Gasteiger partial charge in [0.2, 0.25) is 0 Å². The Morgan fingerprint density at radius 3 is 2.74 bits per heavy atom. The molecule has 0 bridgehead atoms. The van der Waals surface area contributed by atoms with Crippen LogP contribution in [0, 0.1) is 5.82 Å². The largest absolute Gasteiger partial charge is 0.357 e. The van der Waals surface area contributed by atoms with E-state index in [1.165, 1.54) is 23.5 Å². The molecule has 0 saturated carbocycles. The molecule has 0 amide bonds. The van der Waals surface area contributed by atoms with Gasteiger partial charge in [0.15, 0.2) is 5.13 Å². The first-order valence-electron chi connectivity index (χ1n) is 5.75. The van der Waals surface area contributed by atoms with E-state index in [-0.39, 0.29) is 5.82 Å². The summed E-state index contributed by atoms with van der Waals surface area (Å²) in [6.07, 6.45) is 0. The third-order valence-electron chi connectivity index (χ3n) is 2.71. The van der Waals surface area contributed by atoms with Crippen LogP contribution < -0.4 is 5.32 Å². The molecule has 0 atom stereocenters. The fraction of sp³-hybridized carbons (Fsp3) is 0.0714. The summed E-state index contributed by atoms with van der Waals surface area (Å²) in [6.45, 7) is 0.666. The highest BCUT2D eigenvalue weighted by Crippen LogP contribution is 2.26. The van der Waals surface area contributed by atoms with Gasteiger partial charge in [-0.1, -0.05) is 35.1 Å². The predicted molar refractivity (Wildman–Crippen MR) is 78.4 cm³/mol. The second-order valence-electron chi connectivity index (χ2n) is 4.11. The zero-order chi connectivity index (χ0) is 13.2. The number of thiazole rings is 1. The Labute approximate surface area is 118 Å². The molecule has 0 radical (unpaired) electrons. The molecule has 5 heteroatoms. The molecule has 0 aliphatic rings. The van der Waals surface area contributed by atoms with Gasteiger partial charge >= 0.3 is 0 Å². The summed E-state index contributed by atoms with van der Waals surface area (Å²) in [4.78, 5) is 4.35. The summed E-state index contributed by atoms with van der Waals surface area (Å²) < 4.78 is 14.0. The molecule has 96 valence electrons. The van der Waals surface area contributed by atoms with E-state index in [1.54, 1.807) is 6.07 Å². The predicted octanol–water partition coefficient (Wildman–Crippen LogP) is 4.70. The van der Waals surface area contributed by atoms with E-state index in [0.717, 1.165) is 20.4 Å². The van der Waals surface area contributed by atoms with E-state index in [4.69, 9.17) is 11.6 Å². The van der Waals surface area contributed by atoms with Gasteiger partial charge in [-0.3, -0.25) is 0 Å². The van der Waals surface area contributed by atoms with Crippen LogP contribution in [0.3, 0.4) is 0 Å². The second kappa shape index (κ2) is 5.15. The van der Waals surface area contributed by atoms with Crippen molar-refractivity contribution < 1.29 is 4.39 Å². The molecular formula is C14H10ClFN2S. The van der Waals surface area contributed by atoms with Crippen molar-refractivity contribution in [1.82, 2.24) is 4.98 Å². The highest BCUT2D eigenvalue weighted by atomic mass is 35.5. The number of halogens is 2. The summed E-state index contributed by atoms with van der Waals surface area (Å²) in [6, 6.07) is 12.3. The van der Waals surface area contributed by atoms with Gasteiger partial charge in [0, 0.05) is 17.6 Å². The maximum atomic E-state index is 13.1. The van der Waals surface area contributed by atoms with E-state index < -0.39 is 0 Å². The molecule has 0 aliphatic carbocycles. The van der Waals surface area contributed by atoms with Gasteiger partial charge in [-0.15, -0.1) is 0 Å². The Morgan fingerprint density at radius 1 is 1.16 bits per heavy atom. The van der Waals surface area contributed by atoms with Gasteiger partial charge in [0.1, 0.15) is 5.82 Å². The highest BCUT2D eigenvalue weighted by Gasteiger charge is 2.04. The molecule has 1 aromatic heterocycles. The number of hydrogen-bond acceptors (Lipinski definition) is 3. The maximum absolute atomic E-state index is 13.1. The number of nitrogens with one attached hydrogen (secondary N) is 1. The number of benzene rings is 2. The van der Waals surface area contributed by atoms with Gasteiger partial charge in [0.25, 0.3) is 0 Å². The number of fused-ring (bicyclic) bond motifs is 1. The summed E-state index contributed by atoms with van der Waals surface area (Å²) in [7, 11) is 0. The molecule has 3 rings (SSSR count). The average Bonchev–Trinajstić information content (AvgIpc) is 2.80. The number of nitrogens with zero attached hydrogens (tertiary/aromatic N) is 1. The Bertz CT molecular complexity index is 709. The van der Waals surface area contributed by atoms with Gasteiger partial charge in [-0.25, -0.2) is 9.37 Å². The van der Waals surface area contributed by atoms with Crippen molar-refractivity contribution in [3.63, 3.8) is 0 Å². The smallest absolute Gasteiger partial charge is 0.184 e. The third kappa shape index (κ3) is 2.85. The molecule has 0 spiro atoms. The van der Waals surface area contributed by atoms with E-state index in [2.05, 4.69) is 10.3 Å². The topological polar surface area (TPSA) is 24.9 Å². The SMILES string of the molecule is Fc1ccc2sc(NCc3ccc(Cl)cc3)nc2c1.